The van der Waals surface area contributed by atoms with Gasteiger partial charge in [-0.15, -0.1) is 0 Å². The van der Waals surface area contributed by atoms with E-state index in [4.69, 9.17) is 11.6 Å². The van der Waals surface area contributed by atoms with Gasteiger partial charge in [0.25, 0.3) is 0 Å². The van der Waals surface area contributed by atoms with Gasteiger partial charge in [0.1, 0.15) is 5.82 Å². The molecule has 0 aliphatic heterocycles. The average molecular weight is 337 g/mol. The Morgan fingerprint density at radius 1 is 1.12 bits per heavy atom. The Labute approximate surface area is 145 Å². The first-order valence-electron chi connectivity index (χ1n) is 8.07. The van der Waals surface area contributed by atoms with E-state index in [1.54, 1.807) is 6.20 Å². The van der Waals surface area contributed by atoms with Crippen LogP contribution in [-0.2, 0) is 4.79 Å². The molecule has 1 saturated carbocycles. The molecule has 3 nitrogen and oxygen atoms in total. The third-order valence-corrected chi connectivity index (χ3v) is 4.67. The molecule has 1 aliphatic carbocycles. The highest BCUT2D eigenvalue weighted by Crippen LogP contribution is 2.31. The average Bonchev–Trinajstić information content (AvgIpc) is 3.42. The molecular formula is C20H17ClN2O. The predicted molar refractivity (Wildman–Crippen MR) is 98.3 cm³/mol. The van der Waals surface area contributed by atoms with Crippen LogP contribution in [0.1, 0.15) is 18.4 Å². The van der Waals surface area contributed by atoms with E-state index < -0.39 is 0 Å². The summed E-state index contributed by atoms with van der Waals surface area (Å²) in [5.41, 5.74) is 3.41. The Hall–Kier alpha value is -2.39. The molecule has 4 heteroatoms. The zero-order valence-electron chi connectivity index (χ0n) is 13.3. The van der Waals surface area contributed by atoms with E-state index in [1.165, 1.54) is 5.56 Å². The summed E-state index contributed by atoms with van der Waals surface area (Å²) < 4.78 is 0. The molecule has 0 spiro atoms. The predicted octanol–water partition coefficient (Wildman–Crippen LogP) is 5.21. The minimum absolute atomic E-state index is 0.0769. The number of fused-ring (bicyclic) bond motifs is 1. The van der Waals surface area contributed by atoms with Gasteiger partial charge in [0, 0.05) is 22.5 Å². The number of carbonyl (C=O) groups excluding carboxylic acids is 1. The highest BCUT2D eigenvalue weighted by atomic mass is 35.5. The van der Waals surface area contributed by atoms with Crippen LogP contribution < -0.4 is 5.32 Å². The zero-order chi connectivity index (χ0) is 16.7. The van der Waals surface area contributed by atoms with Crippen molar-refractivity contribution in [3.8, 4) is 11.1 Å². The van der Waals surface area contributed by atoms with Crippen LogP contribution in [0.15, 0.2) is 48.7 Å². The number of aromatic nitrogens is 1. The monoisotopic (exact) mass is 336 g/mol. The van der Waals surface area contributed by atoms with Crippen LogP contribution in [0.2, 0.25) is 5.02 Å². The van der Waals surface area contributed by atoms with E-state index in [-0.39, 0.29) is 11.8 Å². The summed E-state index contributed by atoms with van der Waals surface area (Å²) in [7, 11) is 0. The van der Waals surface area contributed by atoms with Crippen LogP contribution in [0, 0.1) is 12.8 Å². The molecule has 1 aliphatic rings. The standard InChI is InChI=1S/C20H17ClN2O/c1-12-2-7-17(21)10-18(12)15-6-5-14-9-19(22-11-16(14)8-15)23-20(24)13-3-4-13/h2,5-11,13H,3-4H2,1H3,(H,22,23,24). The van der Waals surface area contributed by atoms with Gasteiger partial charge >= 0.3 is 0 Å². The van der Waals surface area contributed by atoms with E-state index >= 15 is 0 Å². The lowest BCUT2D eigenvalue weighted by molar-refractivity contribution is -0.117. The maximum absolute atomic E-state index is 11.9. The Morgan fingerprint density at radius 3 is 2.75 bits per heavy atom. The SMILES string of the molecule is Cc1ccc(Cl)cc1-c1ccc2cc(NC(=O)C3CC3)ncc2c1. The number of halogens is 1. The Kier molecular flexibility index (Phi) is 3.73. The van der Waals surface area contributed by atoms with Crippen LogP contribution in [0.25, 0.3) is 21.9 Å². The molecule has 2 aromatic carbocycles. The molecule has 1 heterocycles. The molecule has 24 heavy (non-hydrogen) atoms. The third-order valence-electron chi connectivity index (χ3n) is 4.43. The van der Waals surface area contributed by atoms with Crippen molar-refractivity contribution in [2.45, 2.75) is 19.8 Å². The smallest absolute Gasteiger partial charge is 0.228 e. The second kappa shape index (κ2) is 5.91. The third kappa shape index (κ3) is 3.00. The van der Waals surface area contributed by atoms with Crippen LogP contribution in [-0.4, -0.2) is 10.9 Å². The highest BCUT2D eigenvalue weighted by molar-refractivity contribution is 6.30. The van der Waals surface area contributed by atoms with Crippen LogP contribution in [0.5, 0.6) is 0 Å². The summed E-state index contributed by atoms with van der Waals surface area (Å²) in [4.78, 5) is 16.2. The van der Waals surface area contributed by atoms with E-state index in [2.05, 4.69) is 35.4 Å². The van der Waals surface area contributed by atoms with Crippen molar-refractivity contribution in [1.82, 2.24) is 4.98 Å². The zero-order valence-corrected chi connectivity index (χ0v) is 14.1. The summed E-state index contributed by atoms with van der Waals surface area (Å²) in [5, 5.41) is 5.71. The molecule has 1 fully saturated rings. The normalized spacial score (nSPS) is 13.9. The number of pyridine rings is 1. The number of hydrogen-bond acceptors (Lipinski definition) is 2. The fraction of sp³-hybridized carbons (Fsp3) is 0.200. The van der Waals surface area contributed by atoms with Gasteiger partial charge in [0.15, 0.2) is 0 Å². The largest absolute Gasteiger partial charge is 0.310 e. The van der Waals surface area contributed by atoms with Gasteiger partial charge in [-0.2, -0.15) is 0 Å². The molecule has 1 N–H and O–H groups in total. The number of hydrogen-bond donors (Lipinski definition) is 1. The Morgan fingerprint density at radius 2 is 1.96 bits per heavy atom. The number of nitrogens with zero attached hydrogens (tertiary/aromatic N) is 1. The van der Waals surface area contributed by atoms with E-state index in [0.29, 0.717) is 5.82 Å². The fourth-order valence-electron chi connectivity index (χ4n) is 2.86. The number of nitrogens with one attached hydrogen (secondary N) is 1. The molecular weight excluding hydrogens is 320 g/mol. The molecule has 0 radical (unpaired) electrons. The number of rotatable bonds is 3. The number of anilines is 1. The minimum atomic E-state index is 0.0769. The molecule has 0 saturated heterocycles. The van der Waals surface area contributed by atoms with E-state index in [1.807, 2.05) is 24.3 Å². The summed E-state index contributed by atoms with van der Waals surface area (Å²) >= 11 is 6.13. The molecule has 1 aromatic heterocycles. The first kappa shape index (κ1) is 15.2. The number of benzene rings is 2. The van der Waals surface area contributed by atoms with Crippen molar-refractivity contribution in [1.29, 1.82) is 0 Å². The molecule has 120 valence electrons. The first-order chi connectivity index (χ1) is 11.6. The van der Waals surface area contributed by atoms with Crippen molar-refractivity contribution in [2.24, 2.45) is 5.92 Å². The lowest BCUT2D eigenvalue weighted by Crippen LogP contribution is -2.14. The lowest BCUT2D eigenvalue weighted by atomic mass is 9.98. The quantitative estimate of drug-likeness (QED) is 0.713. The van der Waals surface area contributed by atoms with Gasteiger partial charge < -0.3 is 5.32 Å². The van der Waals surface area contributed by atoms with Crippen LogP contribution in [0.4, 0.5) is 5.82 Å². The molecule has 4 rings (SSSR count). The lowest BCUT2D eigenvalue weighted by Gasteiger charge is -2.09. The van der Waals surface area contributed by atoms with E-state index in [9.17, 15) is 4.79 Å². The molecule has 0 unspecified atom stereocenters. The van der Waals surface area contributed by atoms with Gasteiger partial charge in [-0.3, -0.25) is 4.79 Å². The summed E-state index contributed by atoms with van der Waals surface area (Å²) in [5.74, 6) is 0.870. The Balaban J connectivity index is 1.68. The maximum atomic E-state index is 11.9. The molecule has 0 atom stereocenters. The number of carbonyl (C=O) groups is 1. The second-order valence-electron chi connectivity index (χ2n) is 6.35. The number of aryl methyl sites for hydroxylation is 1. The molecule has 0 bridgehead atoms. The Bertz CT molecular complexity index is 948. The molecule has 3 aromatic rings. The maximum Gasteiger partial charge on any atom is 0.228 e. The minimum Gasteiger partial charge on any atom is -0.310 e. The van der Waals surface area contributed by atoms with Crippen LogP contribution in [0.3, 0.4) is 0 Å². The van der Waals surface area contributed by atoms with Gasteiger partial charge in [-0.05, 0) is 66.1 Å². The fourth-order valence-corrected chi connectivity index (χ4v) is 3.03. The first-order valence-corrected chi connectivity index (χ1v) is 8.45. The van der Waals surface area contributed by atoms with Crippen molar-refractivity contribution in [3.05, 3.63) is 59.2 Å². The van der Waals surface area contributed by atoms with Crippen LogP contribution >= 0.6 is 11.6 Å². The van der Waals surface area contributed by atoms with Crippen molar-refractivity contribution >= 4 is 34.1 Å². The summed E-state index contributed by atoms with van der Waals surface area (Å²) in [6.07, 6.45) is 3.78. The topological polar surface area (TPSA) is 42.0 Å². The van der Waals surface area contributed by atoms with Gasteiger partial charge in [0.05, 0.1) is 0 Å². The summed E-state index contributed by atoms with van der Waals surface area (Å²) in [6, 6.07) is 14.1. The van der Waals surface area contributed by atoms with Gasteiger partial charge in [-0.25, -0.2) is 4.98 Å². The highest BCUT2D eigenvalue weighted by Gasteiger charge is 2.29. The second-order valence-corrected chi connectivity index (χ2v) is 6.79. The van der Waals surface area contributed by atoms with Crippen molar-refractivity contribution in [3.63, 3.8) is 0 Å². The van der Waals surface area contributed by atoms with E-state index in [0.717, 1.165) is 39.8 Å². The van der Waals surface area contributed by atoms with Gasteiger partial charge in [0.2, 0.25) is 5.91 Å². The molecule has 1 amide bonds. The van der Waals surface area contributed by atoms with Crippen molar-refractivity contribution in [2.75, 3.05) is 5.32 Å². The summed E-state index contributed by atoms with van der Waals surface area (Å²) in [6.45, 7) is 2.07. The number of amides is 1. The van der Waals surface area contributed by atoms with Gasteiger partial charge in [-0.1, -0.05) is 29.8 Å². The van der Waals surface area contributed by atoms with Crippen molar-refractivity contribution < 1.29 is 4.79 Å².